The quantitative estimate of drug-likeness (QED) is 0.862. The number of rotatable bonds is 4. The summed E-state index contributed by atoms with van der Waals surface area (Å²) in [6, 6.07) is 2.95. The Morgan fingerprint density at radius 3 is 2.62 bits per heavy atom. The Bertz CT molecular complexity index is 552. The van der Waals surface area contributed by atoms with Crippen LogP contribution in [0.4, 0.5) is 0 Å². The van der Waals surface area contributed by atoms with Crippen molar-refractivity contribution in [2.24, 2.45) is 0 Å². The van der Waals surface area contributed by atoms with E-state index < -0.39 is 0 Å². The topological polar surface area (TPSA) is 77.2 Å². The summed E-state index contributed by atoms with van der Waals surface area (Å²) in [5.74, 6) is 0.137. The molecule has 1 aromatic rings. The SMILES string of the molecule is O=C(C1CCCCN1C(=O)c1ccco1)N1CCN(CCO)CC1. The van der Waals surface area contributed by atoms with Crippen molar-refractivity contribution in [3.05, 3.63) is 24.2 Å². The van der Waals surface area contributed by atoms with E-state index in [1.165, 1.54) is 6.26 Å². The summed E-state index contributed by atoms with van der Waals surface area (Å²) in [7, 11) is 0. The van der Waals surface area contributed by atoms with Crippen LogP contribution in [0.3, 0.4) is 0 Å². The summed E-state index contributed by atoms with van der Waals surface area (Å²) in [4.78, 5) is 31.2. The predicted molar refractivity (Wildman–Crippen MR) is 87.5 cm³/mol. The first kappa shape index (κ1) is 17.0. The van der Waals surface area contributed by atoms with Crippen LogP contribution in [0.2, 0.25) is 0 Å². The predicted octanol–water partition coefficient (Wildman–Crippen LogP) is 0.411. The molecule has 2 aliphatic rings. The van der Waals surface area contributed by atoms with Crippen LogP contribution in [-0.2, 0) is 4.79 Å². The van der Waals surface area contributed by atoms with Gasteiger partial charge in [-0.15, -0.1) is 0 Å². The summed E-state index contributed by atoms with van der Waals surface area (Å²) in [6.07, 6.45) is 4.07. The van der Waals surface area contributed by atoms with Gasteiger partial charge in [0.1, 0.15) is 6.04 Å². The van der Waals surface area contributed by atoms with E-state index in [0.717, 1.165) is 25.9 Å². The Hall–Kier alpha value is -1.86. The summed E-state index contributed by atoms with van der Waals surface area (Å²) < 4.78 is 5.22. The number of hydrogen-bond acceptors (Lipinski definition) is 5. The molecule has 0 aromatic carbocycles. The van der Waals surface area contributed by atoms with Crippen LogP contribution in [-0.4, -0.2) is 83.5 Å². The van der Waals surface area contributed by atoms with Crippen molar-refractivity contribution < 1.29 is 19.1 Å². The smallest absolute Gasteiger partial charge is 0.290 e. The molecule has 24 heavy (non-hydrogen) atoms. The highest BCUT2D eigenvalue weighted by atomic mass is 16.3. The van der Waals surface area contributed by atoms with E-state index in [0.29, 0.717) is 38.4 Å². The number of piperidine rings is 1. The number of β-amino-alcohol motifs (C(OH)–C–C–N with tert-alkyl or cyclic N) is 1. The first-order chi connectivity index (χ1) is 11.7. The Balaban J connectivity index is 1.65. The first-order valence-corrected chi connectivity index (χ1v) is 8.67. The molecule has 1 unspecified atom stereocenters. The molecule has 132 valence electrons. The molecule has 2 aliphatic heterocycles. The van der Waals surface area contributed by atoms with Crippen LogP contribution < -0.4 is 0 Å². The zero-order chi connectivity index (χ0) is 16.9. The van der Waals surface area contributed by atoms with E-state index in [-0.39, 0.29) is 24.5 Å². The van der Waals surface area contributed by atoms with Gasteiger partial charge in [0.15, 0.2) is 5.76 Å². The van der Waals surface area contributed by atoms with Gasteiger partial charge < -0.3 is 19.3 Å². The largest absolute Gasteiger partial charge is 0.459 e. The van der Waals surface area contributed by atoms with E-state index in [1.54, 1.807) is 17.0 Å². The molecule has 3 heterocycles. The van der Waals surface area contributed by atoms with Crippen LogP contribution in [0.15, 0.2) is 22.8 Å². The fraction of sp³-hybridized carbons (Fsp3) is 0.647. The molecule has 0 bridgehead atoms. The molecule has 1 N–H and O–H groups in total. The number of carbonyl (C=O) groups is 2. The van der Waals surface area contributed by atoms with E-state index in [9.17, 15) is 9.59 Å². The lowest BCUT2D eigenvalue weighted by molar-refractivity contribution is -0.139. The minimum Gasteiger partial charge on any atom is -0.459 e. The summed E-state index contributed by atoms with van der Waals surface area (Å²) in [5.41, 5.74) is 0. The third kappa shape index (κ3) is 3.62. The fourth-order valence-corrected chi connectivity index (χ4v) is 3.52. The van der Waals surface area contributed by atoms with Crippen molar-refractivity contribution in [3.8, 4) is 0 Å². The number of furan rings is 1. The normalized spacial score (nSPS) is 22.6. The van der Waals surface area contributed by atoms with Crippen molar-refractivity contribution in [3.63, 3.8) is 0 Å². The van der Waals surface area contributed by atoms with Crippen LogP contribution in [0.5, 0.6) is 0 Å². The van der Waals surface area contributed by atoms with Crippen LogP contribution >= 0.6 is 0 Å². The molecule has 2 fully saturated rings. The third-order valence-electron chi connectivity index (χ3n) is 4.88. The van der Waals surface area contributed by atoms with Gasteiger partial charge >= 0.3 is 0 Å². The fourth-order valence-electron chi connectivity index (χ4n) is 3.52. The number of hydrogen-bond donors (Lipinski definition) is 1. The van der Waals surface area contributed by atoms with E-state index >= 15 is 0 Å². The van der Waals surface area contributed by atoms with Gasteiger partial charge in [-0.2, -0.15) is 0 Å². The van der Waals surface area contributed by atoms with Crippen molar-refractivity contribution in [2.75, 3.05) is 45.9 Å². The zero-order valence-corrected chi connectivity index (χ0v) is 13.9. The molecule has 2 amide bonds. The maximum Gasteiger partial charge on any atom is 0.290 e. The molecule has 7 heteroatoms. The Morgan fingerprint density at radius 1 is 1.17 bits per heavy atom. The summed E-state index contributed by atoms with van der Waals surface area (Å²) >= 11 is 0. The highest BCUT2D eigenvalue weighted by Gasteiger charge is 2.36. The molecule has 1 atom stereocenters. The molecule has 0 radical (unpaired) electrons. The number of amides is 2. The van der Waals surface area contributed by atoms with Crippen molar-refractivity contribution in [1.82, 2.24) is 14.7 Å². The monoisotopic (exact) mass is 335 g/mol. The van der Waals surface area contributed by atoms with Gasteiger partial charge in [0.2, 0.25) is 5.91 Å². The van der Waals surface area contributed by atoms with Gasteiger partial charge in [0.25, 0.3) is 5.91 Å². The number of nitrogens with zero attached hydrogens (tertiary/aromatic N) is 3. The average molecular weight is 335 g/mol. The lowest BCUT2D eigenvalue weighted by atomic mass is 10.00. The van der Waals surface area contributed by atoms with E-state index in [2.05, 4.69) is 4.90 Å². The second-order valence-electron chi connectivity index (χ2n) is 6.38. The maximum absolute atomic E-state index is 12.9. The Labute approximate surface area is 141 Å². The van der Waals surface area contributed by atoms with Gasteiger partial charge in [-0.05, 0) is 31.4 Å². The molecule has 0 saturated carbocycles. The molecular weight excluding hydrogens is 310 g/mol. The van der Waals surface area contributed by atoms with E-state index in [4.69, 9.17) is 9.52 Å². The Morgan fingerprint density at radius 2 is 1.96 bits per heavy atom. The molecule has 3 rings (SSSR count). The highest BCUT2D eigenvalue weighted by molar-refractivity contribution is 5.95. The first-order valence-electron chi connectivity index (χ1n) is 8.67. The van der Waals surface area contributed by atoms with Crippen molar-refractivity contribution in [2.45, 2.75) is 25.3 Å². The Kier molecular flexibility index (Phi) is 5.52. The van der Waals surface area contributed by atoms with Crippen LogP contribution in [0.25, 0.3) is 0 Å². The molecule has 2 saturated heterocycles. The minimum atomic E-state index is -0.388. The van der Waals surface area contributed by atoms with Gasteiger partial charge in [-0.3, -0.25) is 14.5 Å². The number of carbonyl (C=O) groups excluding carboxylic acids is 2. The van der Waals surface area contributed by atoms with Crippen LogP contribution in [0.1, 0.15) is 29.8 Å². The number of aliphatic hydroxyl groups is 1. The summed E-state index contributed by atoms with van der Waals surface area (Å²) in [5, 5.41) is 9.01. The second kappa shape index (κ2) is 7.81. The lowest BCUT2D eigenvalue weighted by Gasteiger charge is -2.40. The number of aliphatic hydroxyl groups excluding tert-OH is 1. The summed E-state index contributed by atoms with van der Waals surface area (Å²) in [6.45, 7) is 4.23. The second-order valence-corrected chi connectivity index (χ2v) is 6.38. The zero-order valence-electron chi connectivity index (χ0n) is 13.9. The van der Waals surface area contributed by atoms with Crippen molar-refractivity contribution in [1.29, 1.82) is 0 Å². The lowest BCUT2D eigenvalue weighted by Crippen LogP contribution is -2.57. The molecule has 1 aromatic heterocycles. The molecule has 7 nitrogen and oxygen atoms in total. The minimum absolute atomic E-state index is 0.0401. The molecule has 0 aliphatic carbocycles. The molecular formula is C17H25N3O4. The van der Waals surface area contributed by atoms with Crippen LogP contribution in [0, 0.1) is 0 Å². The van der Waals surface area contributed by atoms with Gasteiger partial charge in [0, 0.05) is 39.3 Å². The number of likely N-dealkylation sites (tertiary alicyclic amines) is 1. The van der Waals surface area contributed by atoms with Gasteiger partial charge in [-0.1, -0.05) is 0 Å². The number of piperazine rings is 1. The molecule has 0 spiro atoms. The standard InChI is InChI=1S/C17H25N3O4/c21-12-11-18-7-9-19(10-8-18)16(22)14-4-1-2-6-20(14)17(23)15-5-3-13-24-15/h3,5,13-14,21H,1-2,4,6-12H2. The average Bonchev–Trinajstić information content (AvgIpc) is 3.16. The third-order valence-corrected chi connectivity index (χ3v) is 4.88. The van der Waals surface area contributed by atoms with Crippen molar-refractivity contribution >= 4 is 11.8 Å². The van der Waals surface area contributed by atoms with E-state index in [1.807, 2.05) is 4.90 Å². The van der Waals surface area contributed by atoms with Gasteiger partial charge in [0.05, 0.1) is 12.9 Å². The highest BCUT2D eigenvalue weighted by Crippen LogP contribution is 2.22. The maximum atomic E-state index is 12.9. The van der Waals surface area contributed by atoms with Gasteiger partial charge in [-0.25, -0.2) is 0 Å².